The number of aromatic nitrogens is 1. The van der Waals surface area contributed by atoms with Gasteiger partial charge in [-0.25, -0.2) is 0 Å². The van der Waals surface area contributed by atoms with Gasteiger partial charge in [-0.3, -0.25) is 9.36 Å². The Bertz CT molecular complexity index is 1020. The van der Waals surface area contributed by atoms with E-state index in [9.17, 15) is 4.79 Å². The van der Waals surface area contributed by atoms with Crippen molar-refractivity contribution in [3.8, 4) is 5.88 Å². The van der Waals surface area contributed by atoms with Gasteiger partial charge >= 0.3 is 0 Å². The molecule has 0 aliphatic rings. The molecule has 0 saturated heterocycles. The Labute approximate surface area is 121 Å². The molecule has 0 N–H and O–H groups in total. The van der Waals surface area contributed by atoms with Crippen LogP contribution in [-0.4, -0.2) is 4.57 Å². The minimum absolute atomic E-state index is 0.0270. The Morgan fingerprint density at radius 3 is 2.76 bits per heavy atom. The third kappa shape index (κ3) is 1.86. The van der Waals surface area contributed by atoms with Crippen LogP contribution in [0.5, 0.6) is 0 Å². The van der Waals surface area contributed by atoms with Gasteiger partial charge < -0.3 is 4.42 Å². The van der Waals surface area contributed by atoms with E-state index < -0.39 is 0 Å². The molecule has 3 heteroatoms. The Balaban J connectivity index is 2.02. The van der Waals surface area contributed by atoms with E-state index in [1.807, 2.05) is 41.1 Å². The van der Waals surface area contributed by atoms with Crippen LogP contribution in [0.25, 0.3) is 27.8 Å². The first-order valence-electron chi connectivity index (χ1n) is 6.83. The van der Waals surface area contributed by atoms with Crippen molar-refractivity contribution in [1.82, 2.24) is 4.57 Å². The molecule has 0 fully saturated rings. The van der Waals surface area contributed by atoms with Crippen LogP contribution in [0.4, 0.5) is 0 Å². The monoisotopic (exact) mass is 275 g/mol. The SMILES string of the molecule is Cc1ccc2c(ccn2-c2cc(=O)c3ccccc3o2)c1. The minimum atomic E-state index is -0.0270. The molecule has 0 radical (unpaired) electrons. The standard InChI is InChI=1S/C18H13NO2/c1-12-6-7-15-13(10-12)8-9-19(15)18-11-16(20)14-4-2-3-5-17(14)21-18/h2-11H,1H3. The first kappa shape index (κ1) is 12.0. The molecule has 0 amide bonds. The second-order valence-corrected chi connectivity index (χ2v) is 5.19. The third-order valence-corrected chi connectivity index (χ3v) is 3.70. The summed E-state index contributed by atoms with van der Waals surface area (Å²) in [6, 6.07) is 17.1. The molecule has 0 bridgehead atoms. The quantitative estimate of drug-likeness (QED) is 0.525. The number of rotatable bonds is 1. The molecule has 4 rings (SSSR count). The predicted molar refractivity (Wildman–Crippen MR) is 84.1 cm³/mol. The summed E-state index contributed by atoms with van der Waals surface area (Å²) in [5.74, 6) is 0.539. The fraction of sp³-hybridized carbons (Fsp3) is 0.0556. The molecule has 4 aromatic rings. The fourth-order valence-electron chi connectivity index (χ4n) is 2.66. The second kappa shape index (κ2) is 4.35. The summed E-state index contributed by atoms with van der Waals surface area (Å²) in [7, 11) is 0. The van der Waals surface area contributed by atoms with Gasteiger partial charge in [-0.1, -0.05) is 23.8 Å². The van der Waals surface area contributed by atoms with Crippen LogP contribution >= 0.6 is 0 Å². The molecule has 0 spiro atoms. The smallest absolute Gasteiger partial charge is 0.208 e. The van der Waals surface area contributed by atoms with E-state index in [0.29, 0.717) is 16.9 Å². The lowest BCUT2D eigenvalue weighted by molar-refractivity contribution is 0.573. The van der Waals surface area contributed by atoms with Crippen molar-refractivity contribution in [3.05, 3.63) is 76.6 Å². The molecular weight excluding hydrogens is 262 g/mol. The van der Waals surface area contributed by atoms with Gasteiger partial charge in [0, 0.05) is 17.6 Å². The van der Waals surface area contributed by atoms with Gasteiger partial charge in [0.1, 0.15) is 5.58 Å². The van der Waals surface area contributed by atoms with Crippen LogP contribution in [0.3, 0.4) is 0 Å². The van der Waals surface area contributed by atoms with E-state index in [2.05, 4.69) is 19.1 Å². The average Bonchev–Trinajstić information content (AvgIpc) is 2.90. The summed E-state index contributed by atoms with van der Waals surface area (Å²) < 4.78 is 7.79. The van der Waals surface area contributed by atoms with E-state index in [-0.39, 0.29) is 5.43 Å². The van der Waals surface area contributed by atoms with Gasteiger partial charge in [-0.2, -0.15) is 0 Å². The largest absolute Gasteiger partial charge is 0.440 e. The lowest BCUT2D eigenvalue weighted by Gasteiger charge is -2.06. The zero-order valence-electron chi connectivity index (χ0n) is 11.5. The Hall–Kier alpha value is -2.81. The Morgan fingerprint density at radius 2 is 1.86 bits per heavy atom. The summed E-state index contributed by atoms with van der Waals surface area (Å²) in [5.41, 5.74) is 2.81. The predicted octanol–water partition coefficient (Wildman–Crippen LogP) is 4.05. The average molecular weight is 275 g/mol. The van der Waals surface area contributed by atoms with Crippen LogP contribution in [0.2, 0.25) is 0 Å². The first-order valence-corrected chi connectivity index (χ1v) is 6.83. The highest BCUT2D eigenvalue weighted by Gasteiger charge is 2.08. The van der Waals surface area contributed by atoms with Crippen molar-refractivity contribution < 1.29 is 4.42 Å². The number of hydrogen-bond donors (Lipinski definition) is 0. The van der Waals surface area contributed by atoms with Crippen molar-refractivity contribution in [3.63, 3.8) is 0 Å². The normalized spacial score (nSPS) is 11.3. The molecule has 2 heterocycles. The van der Waals surface area contributed by atoms with Gasteiger partial charge in [0.2, 0.25) is 5.88 Å². The third-order valence-electron chi connectivity index (χ3n) is 3.70. The highest BCUT2D eigenvalue weighted by molar-refractivity contribution is 5.83. The maximum Gasteiger partial charge on any atom is 0.208 e. The molecule has 21 heavy (non-hydrogen) atoms. The number of fused-ring (bicyclic) bond motifs is 2. The van der Waals surface area contributed by atoms with E-state index in [1.54, 1.807) is 12.1 Å². The summed E-state index contributed by atoms with van der Waals surface area (Å²) in [5, 5.41) is 1.74. The molecular formula is C18H13NO2. The van der Waals surface area contributed by atoms with Crippen molar-refractivity contribution in [1.29, 1.82) is 0 Å². The van der Waals surface area contributed by atoms with E-state index >= 15 is 0 Å². The fourth-order valence-corrected chi connectivity index (χ4v) is 2.66. The van der Waals surface area contributed by atoms with Gasteiger partial charge in [-0.15, -0.1) is 0 Å². The molecule has 3 nitrogen and oxygen atoms in total. The molecule has 0 aliphatic heterocycles. The van der Waals surface area contributed by atoms with Crippen LogP contribution in [0.15, 0.2) is 70.0 Å². The number of nitrogens with zero attached hydrogens (tertiary/aromatic N) is 1. The van der Waals surface area contributed by atoms with Crippen molar-refractivity contribution >= 4 is 21.9 Å². The van der Waals surface area contributed by atoms with Crippen LogP contribution in [-0.2, 0) is 0 Å². The van der Waals surface area contributed by atoms with E-state index in [0.717, 1.165) is 10.9 Å². The van der Waals surface area contributed by atoms with Crippen molar-refractivity contribution in [2.24, 2.45) is 0 Å². The van der Waals surface area contributed by atoms with Gasteiger partial charge in [0.25, 0.3) is 0 Å². The molecule has 2 aromatic heterocycles. The number of benzene rings is 2. The molecule has 0 aliphatic carbocycles. The Kier molecular flexibility index (Phi) is 2.48. The number of hydrogen-bond acceptors (Lipinski definition) is 2. The second-order valence-electron chi connectivity index (χ2n) is 5.19. The highest BCUT2D eigenvalue weighted by Crippen LogP contribution is 2.22. The zero-order valence-corrected chi connectivity index (χ0v) is 11.5. The number of aryl methyl sites for hydroxylation is 1. The Morgan fingerprint density at radius 1 is 1.00 bits per heavy atom. The van der Waals surface area contributed by atoms with Crippen LogP contribution < -0.4 is 5.43 Å². The summed E-state index contributed by atoms with van der Waals surface area (Å²) in [6.45, 7) is 2.06. The molecule has 0 unspecified atom stereocenters. The zero-order chi connectivity index (χ0) is 14.4. The molecule has 2 aromatic carbocycles. The van der Waals surface area contributed by atoms with Gasteiger partial charge in [0.05, 0.1) is 10.9 Å². The number of para-hydroxylation sites is 1. The first-order chi connectivity index (χ1) is 10.2. The lowest BCUT2D eigenvalue weighted by atomic mass is 10.2. The highest BCUT2D eigenvalue weighted by atomic mass is 16.3. The maximum atomic E-state index is 12.2. The lowest BCUT2D eigenvalue weighted by Crippen LogP contribution is -2.03. The summed E-state index contributed by atoms with van der Waals surface area (Å²) in [4.78, 5) is 12.2. The molecule has 0 saturated carbocycles. The van der Waals surface area contributed by atoms with Gasteiger partial charge in [0.15, 0.2) is 5.43 Å². The maximum absolute atomic E-state index is 12.2. The van der Waals surface area contributed by atoms with Crippen LogP contribution in [0, 0.1) is 6.92 Å². The van der Waals surface area contributed by atoms with E-state index in [4.69, 9.17) is 4.42 Å². The minimum Gasteiger partial charge on any atom is -0.440 e. The van der Waals surface area contributed by atoms with E-state index in [1.165, 1.54) is 5.56 Å². The summed E-state index contributed by atoms with van der Waals surface area (Å²) >= 11 is 0. The van der Waals surface area contributed by atoms with Gasteiger partial charge in [-0.05, 0) is 37.3 Å². The topological polar surface area (TPSA) is 35.1 Å². The molecule has 102 valence electrons. The van der Waals surface area contributed by atoms with Crippen molar-refractivity contribution in [2.75, 3.05) is 0 Å². The van der Waals surface area contributed by atoms with Crippen LogP contribution in [0.1, 0.15) is 5.56 Å². The summed E-state index contributed by atoms with van der Waals surface area (Å²) in [6.07, 6.45) is 1.93. The molecule has 0 atom stereocenters. The van der Waals surface area contributed by atoms with Crippen molar-refractivity contribution in [2.45, 2.75) is 6.92 Å².